The molecule has 0 aliphatic carbocycles. The largest absolute Gasteiger partial charge is 0.469 e. The summed E-state index contributed by atoms with van der Waals surface area (Å²) in [6.07, 6.45) is 2.71. The fourth-order valence-corrected chi connectivity index (χ4v) is 2.63. The first-order valence-electron chi connectivity index (χ1n) is 6.23. The zero-order valence-corrected chi connectivity index (χ0v) is 12.3. The molecule has 2 rings (SSSR count). The van der Waals surface area contributed by atoms with Crippen molar-refractivity contribution in [2.45, 2.75) is 26.3 Å². The van der Waals surface area contributed by atoms with Gasteiger partial charge in [0.15, 0.2) is 0 Å². The quantitative estimate of drug-likeness (QED) is 0.893. The Morgan fingerprint density at radius 3 is 2.67 bits per heavy atom. The molecule has 0 radical (unpaired) electrons. The number of hydrogen-bond donors (Lipinski definition) is 1. The van der Waals surface area contributed by atoms with E-state index in [4.69, 9.17) is 4.42 Å². The van der Waals surface area contributed by atoms with Gasteiger partial charge in [-0.25, -0.2) is 0 Å². The third-order valence-corrected chi connectivity index (χ3v) is 3.88. The highest BCUT2D eigenvalue weighted by atomic mass is 79.9. The van der Waals surface area contributed by atoms with E-state index in [1.807, 2.05) is 13.0 Å². The van der Waals surface area contributed by atoms with Crippen molar-refractivity contribution in [3.05, 3.63) is 58.0 Å². The lowest BCUT2D eigenvalue weighted by atomic mass is 9.99. The summed E-state index contributed by atoms with van der Waals surface area (Å²) >= 11 is 3.61. The van der Waals surface area contributed by atoms with E-state index in [-0.39, 0.29) is 0 Å². The second kappa shape index (κ2) is 6.21. The Balaban J connectivity index is 2.22. The van der Waals surface area contributed by atoms with Gasteiger partial charge >= 0.3 is 0 Å². The highest BCUT2D eigenvalue weighted by Gasteiger charge is 2.16. The summed E-state index contributed by atoms with van der Waals surface area (Å²) < 4.78 is 6.57. The minimum Gasteiger partial charge on any atom is -0.469 e. The van der Waals surface area contributed by atoms with Gasteiger partial charge in [-0.05, 0) is 37.6 Å². The summed E-state index contributed by atoms with van der Waals surface area (Å²) in [5.41, 5.74) is 2.55. The summed E-state index contributed by atoms with van der Waals surface area (Å²) in [4.78, 5) is 0. The predicted molar refractivity (Wildman–Crippen MR) is 77.7 cm³/mol. The zero-order chi connectivity index (χ0) is 13.0. The lowest BCUT2D eigenvalue weighted by Gasteiger charge is -2.18. The molecule has 0 spiro atoms. The predicted octanol–water partition coefficient (Wildman–Crippen LogP) is 4.24. The fraction of sp³-hybridized carbons (Fsp3) is 0.333. The standard InChI is InChI=1S/C15H18BrNO/c1-3-17-15(13-8-9-18-11(13)2)10-12-6-4-5-7-14(12)16/h4-9,15,17H,3,10H2,1-2H3. The minimum absolute atomic E-state index is 0.299. The Kier molecular flexibility index (Phi) is 4.61. The molecule has 1 aromatic heterocycles. The number of benzene rings is 1. The zero-order valence-electron chi connectivity index (χ0n) is 10.7. The van der Waals surface area contributed by atoms with Crippen LogP contribution in [0, 0.1) is 6.92 Å². The van der Waals surface area contributed by atoms with E-state index in [0.29, 0.717) is 6.04 Å². The molecular formula is C15H18BrNO. The van der Waals surface area contributed by atoms with Gasteiger partial charge in [-0.1, -0.05) is 41.1 Å². The fourth-order valence-electron chi connectivity index (χ4n) is 2.18. The van der Waals surface area contributed by atoms with Crippen LogP contribution >= 0.6 is 15.9 Å². The third kappa shape index (κ3) is 3.03. The van der Waals surface area contributed by atoms with Crippen LogP contribution in [-0.2, 0) is 6.42 Å². The molecule has 3 heteroatoms. The van der Waals surface area contributed by atoms with Crippen molar-refractivity contribution in [2.75, 3.05) is 6.54 Å². The van der Waals surface area contributed by atoms with Gasteiger partial charge in [0, 0.05) is 16.1 Å². The van der Waals surface area contributed by atoms with Crippen molar-refractivity contribution < 1.29 is 4.42 Å². The topological polar surface area (TPSA) is 25.2 Å². The SMILES string of the molecule is CCNC(Cc1ccccc1Br)c1ccoc1C. The number of likely N-dealkylation sites (N-methyl/N-ethyl adjacent to an activating group) is 1. The van der Waals surface area contributed by atoms with Crippen LogP contribution in [0.5, 0.6) is 0 Å². The molecule has 1 unspecified atom stereocenters. The molecule has 0 saturated carbocycles. The van der Waals surface area contributed by atoms with Gasteiger partial charge in [-0.15, -0.1) is 0 Å². The molecule has 2 nitrogen and oxygen atoms in total. The first-order chi connectivity index (χ1) is 8.72. The molecule has 18 heavy (non-hydrogen) atoms. The van der Waals surface area contributed by atoms with Crippen molar-refractivity contribution >= 4 is 15.9 Å². The van der Waals surface area contributed by atoms with Crippen LogP contribution in [-0.4, -0.2) is 6.54 Å². The normalized spacial score (nSPS) is 12.6. The number of aryl methyl sites for hydroxylation is 1. The Bertz CT molecular complexity index is 507. The van der Waals surface area contributed by atoms with Gasteiger partial charge in [0.1, 0.15) is 5.76 Å². The van der Waals surface area contributed by atoms with Crippen LogP contribution in [0.25, 0.3) is 0 Å². The molecule has 1 atom stereocenters. The minimum atomic E-state index is 0.299. The van der Waals surface area contributed by atoms with Crippen LogP contribution in [0.4, 0.5) is 0 Å². The van der Waals surface area contributed by atoms with E-state index in [1.54, 1.807) is 6.26 Å². The van der Waals surface area contributed by atoms with E-state index in [2.05, 4.69) is 52.4 Å². The van der Waals surface area contributed by atoms with Crippen LogP contribution in [0.1, 0.15) is 29.9 Å². The summed E-state index contributed by atoms with van der Waals surface area (Å²) in [6.45, 7) is 5.09. The molecule has 0 aliphatic heterocycles. The molecule has 0 fully saturated rings. The Morgan fingerprint density at radius 2 is 2.06 bits per heavy atom. The number of rotatable bonds is 5. The molecule has 0 bridgehead atoms. The molecule has 1 N–H and O–H groups in total. The first-order valence-corrected chi connectivity index (χ1v) is 7.02. The summed E-state index contributed by atoms with van der Waals surface area (Å²) in [5, 5.41) is 3.52. The average Bonchev–Trinajstić information content (AvgIpc) is 2.78. The number of halogens is 1. The van der Waals surface area contributed by atoms with Crippen molar-refractivity contribution in [3.63, 3.8) is 0 Å². The van der Waals surface area contributed by atoms with E-state index < -0.39 is 0 Å². The van der Waals surface area contributed by atoms with Crippen LogP contribution in [0.3, 0.4) is 0 Å². The Morgan fingerprint density at radius 1 is 1.28 bits per heavy atom. The smallest absolute Gasteiger partial charge is 0.105 e. The van der Waals surface area contributed by atoms with Crippen LogP contribution in [0.2, 0.25) is 0 Å². The monoisotopic (exact) mass is 307 g/mol. The van der Waals surface area contributed by atoms with Crippen LogP contribution in [0.15, 0.2) is 45.5 Å². The van der Waals surface area contributed by atoms with Gasteiger partial charge in [-0.3, -0.25) is 0 Å². The van der Waals surface area contributed by atoms with Gasteiger partial charge in [0.05, 0.1) is 6.26 Å². The van der Waals surface area contributed by atoms with Gasteiger partial charge in [0.2, 0.25) is 0 Å². The van der Waals surface area contributed by atoms with Crippen molar-refractivity contribution in [1.29, 1.82) is 0 Å². The van der Waals surface area contributed by atoms with Gasteiger partial charge in [-0.2, -0.15) is 0 Å². The second-order valence-corrected chi connectivity index (χ2v) is 5.19. The molecular weight excluding hydrogens is 290 g/mol. The molecule has 96 valence electrons. The highest BCUT2D eigenvalue weighted by molar-refractivity contribution is 9.10. The van der Waals surface area contributed by atoms with E-state index in [0.717, 1.165) is 23.2 Å². The molecule has 1 aromatic carbocycles. The molecule has 1 heterocycles. The number of furan rings is 1. The lowest BCUT2D eigenvalue weighted by Crippen LogP contribution is -2.23. The van der Waals surface area contributed by atoms with Crippen molar-refractivity contribution in [3.8, 4) is 0 Å². The molecule has 0 saturated heterocycles. The maximum atomic E-state index is 5.41. The summed E-state index contributed by atoms with van der Waals surface area (Å²) in [7, 11) is 0. The number of nitrogens with one attached hydrogen (secondary N) is 1. The highest BCUT2D eigenvalue weighted by Crippen LogP contribution is 2.26. The lowest BCUT2D eigenvalue weighted by molar-refractivity contribution is 0.501. The maximum Gasteiger partial charge on any atom is 0.105 e. The van der Waals surface area contributed by atoms with E-state index in [1.165, 1.54) is 11.1 Å². The average molecular weight is 308 g/mol. The van der Waals surface area contributed by atoms with Crippen LogP contribution < -0.4 is 5.32 Å². The first kappa shape index (κ1) is 13.4. The van der Waals surface area contributed by atoms with Crippen molar-refractivity contribution in [2.24, 2.45) is 0 Å². The summed E-state index contributed by atoms with van der Waals surface area (Å²) in [6, 6.07) is 10.7. The summed E-state index contributed by atoms with van der Waals surface area (Å²) in [5.74, 6) is 0.994. The molecule has 0 aliphatic rings. The number of hydrogen-bond acceptors (Lipinski definition) is 2. The maximum absolute atomic E-state index is 5.41. The Labute approximate surface area is 117 Å². The Hall–Kier alpha value is -1.06. The van der Waals surface area contributed by atoms with Crippen molar-refractivity contribution in [1.82, 2.24) is 5.32 Å². The molecule has 0 amide bonds. The third-order valence-electron chi connectivity index (χ3n) is 3.11. The molecule has 2 aromatic rings. The van der Waals surface area contributed by atoms with Gasteiger partial charge in [0.25, 0.3) is 0 Å². The second-order valence-electron chi connectivity index (χ2n) is 4.34. The van der Waals surface area contributed by atoms with E-state index >= 15 is 0 Å². The van der Waals surface area contributed by atoms with Gasteiger partial charge < -0.3 is 9.73 Å². The van der Waals surface area contributed by atoms with E-state index in [9.17, 15) is 0 Å².